The predicted octanol–water partition coefficient (Wildman–Crippen LogP) is 2.56. The lowest BCUT2D eigenvalue weighted by Gasteiger charge is -2.31. The zero-order valence-corrected chi connectivity index (χ0v) is 18.8. The molecular formula is C22H30F3N3O5. The highest BCUT2D eigenvalue weighted by molar-refractivity contribution is 5.93. The van der Waals surface area contributed by atoms with Gasteiger partial charge in [0.2, 0.25) is 0 Å². The Hall–Kier alpha value is -2.82. The normalized spacial score (nSPS) is 23.1. The van der Waals surface area contributed by atoms with Gasteiger partial charge in [-0.15, -0.1) is 6.58 Å². The second-order valence-corrected chi connectivity index (χ2v) is 8.22. The minimum atomic E-state index is -5.08. The van der Waals surface area contributed by atoms with Crippen molar-refractivity contribution in [3.05, 3.63) is 36.7 Å². The molecule has 1 aromatic heterocycles. The summed E-state index contributed by atoms with van der Waals surface area (Å²) in [7, 11) is 1.88. The molecule has 2 aliphatic heterocycles. The average molecular weight is 473 g/mol. The third-order valence-electron chi connectivity index (χ3n) is 6.02. The maximum absolute atomic E-state index is 13.0. The molecule has 1 amide bonds. The lowest BCUT2D eigenvalue weighted by Crippen LogP contribution is -2.43. The minimum absolute atomic E-state index is 0.0410. The van der Waals surface area contributed by atoms with E-state index in [1.165, 1.54) is 0 Å². The van der Waals surface area contributed by atoms with Gasteiger partial charge in [-0.05, 0) is 31.9 Å². The van der Waals surface area contributed by atoms with Crippen LogP contribution in [0.25, 0.3) is 0 Å². The molecule has 33 heavy (non-hydrogen) atoms. The van der Waals surface area contributed by atoms with E-state index in [1.807, 2.05) is 47.8 Å². The van der Waals surface area contributed by atoms with Crippen molar-refractivity contribution in [1.29, 1.82) is 0 Å². The smallest absolute Gasteiger partial charge is 0.475 e. The summed E-state index contributed by atoms with van der Waals surface area (Å²) in [6.07, 6.45) is 0.251. The van der Waals surface area contributed by atoms with Gasteiger partial charge in [-0.1, -0.05) is 6.08 Å². The first-order chi connectivity index (χ1) is 15.5. The summed E-state index contributed by atoms with van der Waals surface area (Å²) in [6.45, 7) is 9.58. The number of likely N-dealkylation sites (tertiary alicyclic amines) is 2. The molecule has 2 saturated heterocycles. The van der Waals surface area contributed by atoms with E-state index in [2.05, 4.69) is 11.5 Å². The molecule has 0 aromatic carbocycles. The molecule has 184 valence electrons. The molecule has 1 N–H and O–H groups in total. The molecule has 2 atom stereocenters. The molecule has 0 unspecified atom stereocenters. The summed E-state index contributed by atoms with van der Waals surface area (Å²) in [5, 5.41) is 7.12. The summed E-state index contributed by atoms with van der Waals surface area (Å²) in [5.41, 5.74) is 0.178. The number of amides is 1. The van der Waals surface area contributed by atoms with Crippen LogP contribution in [-0.4, -0.2) is 82.8 Å². The van der Waals surface area contributed by atoms with Gasteiger partial charge in [0.1, 0.15) is 5.69 Å². The van der Waals surface area contributed by atoms with Crippen LogP contribution in [0.15, 0.2) is 31.0 Å². The van der Waals surface area contributed by atoms with E-state index in [4.69, 9.17) is 14.6 Å². The number of hydrogen-bond acceptors (Lipinski definition) is 5. The van der Waals surface area contributed by atoms with E-state index in [-0.39, 0.29) is 17.8 Å². The van der Waals surface area contributed by atoms with Crippen LogP contribution in [0.3, 0.4) is 0 Å². The number of carboxylic acids is 1. The Balaban J connectivity index is 0.000000479. The van der Waals surface area contributed by atoms with Crippen LogP contribution < -0.4 is 0 Å². The summed E-state index contributed by atoms with van der Waals surface area (Å²) in [5.74, 6) is -2.73. The first-order valence-corrected chi connectivity index (χ1v) is 10.7. The van der Waals surface area contributed by atoms with Gasteiger partial charge in [-0.25, -0.2) is 4.79 Å². The maximum Gasteiger partial charge on any atom is 0.490 e. The number of carboxylic acid groups (broad SMARTS) is 1. The molecule has 0 aliphatic carbocycles. The fourth-order valence-electron chi connectivity index (χ4n) is 4.50. The number of alkyl halides is 3. The number of nitrogens with zero attached hydrogens (tertiary/aromatic N) is 3. The standard InChI is InChI=1S/C20H29N3O3.C2HF3O2/c1-4-10-22-13-16-14-23(18(24)17-8-6-11-21(17)3)12-7-9-20(16,15-22)19(25)26-5-2;3-2(4,5)1(6)7/h4,6,8,11,16H,1,5,7,9-10,12-15H2,2-3H3;(H,6,7)/t16-,20+;/m1./s1. The Morgan fingerprint density at radius 1 is 1.33 bits per heavy atom. The average Bonchev–Trinajstić information content (AvgIpc) is 3.26. The highest BCUT2D eigenvalue weighted by atomic mass is 19.4. The van der Waals surface area contributed by atoms with Gasteiger partial charge in [-0.3, -0.25) is 14.5 Å². The molecular weight excluding hydrogens is 443 g/mol. The fraction of sp³-hybridized carbons (Fsp3) is 0.591. The van der Waals surface area contributed by atoms with Gasteiger partial charge in [0.15, 0.2) is 0 Å². The topological polar surface area (TPSA) is 92.1 Å². The van der Waals surface area contributed by atoms with Crippen LogP contribution in [0.5, 0.6) is 0 Å². The number of aryl methyl sites for hydroxylation is 1. The Kier molecular flexibility index (Phi) is 8.70. The van der Waals surface area contributed by atoms with Crippen molar-refractivity contribution in [1.82, 2.24) is 14.4 Å². The van der Waals surface area contributed by atoms with E-state index in [0.717, 1.165) is 25.9 Å². The molecule has 3 heterocycles. The number of carbonyl (C=O) groups is 3. The van der Waals surface area contributed by atoms with Gasteiger partial charge in [0.05, 0.1) is 12.0 Å². The first-order valence-electron chi connectivity index (χ1n) is 10.7. The number of hydrogen-bond donors (Lipinski definition) is 1. The number of aliphatic carboxylic acids is 1. The molecule has 0 radical (unpaired) electrons. The lowest BCUT2D eigenvalue weighted by molar-refractivity contribution is -0.192. The van der Waals surface area contributed by atoms with Crippen LogP contribution >= 0.6 is 0 Å². The molecule has 1 aromatic rings. The Labute approximate surface area is 190 Å². The molecule has 2 aliphatic rings. The van der Waals surface area contributed by atoms with E-state index in [9.17, 15) is 22.8 Å². The lowest BCUT2D eigenvalue weighted by atomic mass is 9.75. The number of esters is 1. The summed E-state index contributed by atoms with van der Waals surface area (Å²) in [6, 6.07) is 3.74. The van der Waals surface area contributed by atoms with Crippen LogP contribution in [0.2, 0.25) is 0 Å². The van der Waals surface area contributed by atoms with Crippen LogP contribution in [0, 0.1) is 11.3 Å². The third kappa shape index (κ3) is 6.16. The Bertz CT molecular complexity index is 870. The van der Waals surface area contributed by atoms with Crippen LogP contribution in [0.4, 0.5) is 13.2 Å². The molecule has 0 saturated carbocycles. The second kappa shape index (κ2) is 10.9. The molecule has 0 spiro atoms. The van der Waals surface area contributed by atoms with E-state index >= 15 is 0 Å². The second-order valence-electron chi connectivity index (χ2n) is 8.22. The quantitative estimate of drug-likeness (QED) is 0.522. The van der Waals surface area contributed by atoms with Crippen LogP contribution in [0.1, 0.15) is 30.3 Å². The van der Waals surface area contributed by atoms with Gasteiger partial charge >= 0.3 is 18.1 Å². The number of carbonyl (C=O) groups excluding carboxylic acids is 2. The van der Waals surface area contributed by atoms with E-state index < -0.39 is 17.6 Å². The number of fused-ring (bicyclic) bond motifs is 1. The molecule has 8 nitrogen and oxygen atoms in total. The number of halogens is 3. The zero-order chi connectivity index (χ0) is 24.8. The van der Waals surface area contributed by atoms with Crippen molar-refractivity contribution in [3.8, 4) is 0 Å². The third-order valence-corrected chi connectivity index (χ3v) is 6.02. The minimum Gasteiger partial charge on any atom is -0.475 e. The van der Waals surface area contributed by atoms with E-state index in [0.29, 0.717) is 31.9 Å². The summed E-state index contributed by atoms with van der Waals surface area (Å²) < 4.78 is 39.0. The zero-order valence-electron chi connectivity index (χ0n) is 18.8. The molecule has 11 heteroatoms. The Morgan fingerprint density at radius 3 is 2.52 bits per heavy atom. The van der Waals surface area contributed by atoms with Gasteiger partial charge < -0.3 is 19.3 Å². The van der Waals surface area contributed by atoms with Crippen molar-refractivity contribution in [2.75, 3.05) is 39.3 Å². The van der Waals surface area contributed by atoms with Gasteiger partial charge in [0, 0.05) is 51.9 Å². The molecule has 0 bridgehead atoms. The number of aromatic nitrogens is 1. The number of rotatable bonds is 5. The van der Waals surface area contributed by atoms with Crippen molar-refractivity contribution < 1.29 is 37.4 Å². The fourth-order valence-corrected chi connectivity index (χ4v) is 4.50. The summed E-state index contributed by atoms with van der Waals surface area (Å²) in [4.78, 5) is 38.9. The summed E-state index contributed by atoms with van der Waals surface area (Å²) >= 11 is 0. The number of ether oxygens (including phenoxy) is 1. The van der Waals surface area contributed by atoms with Crippen molar-refractivity contribution in [2.45, 2.75) is 25.9 Å². The largest absolute Gasteiger partial charge is 0.490 e. The predicted molar refractivity (Wildman–Crippen MR) is 113 cm³/mol. The van der Waals surface area contributed by atoms with E-state index in [1.54, 1.807) is 0 Å². The van der Waals surface area contributed by atoms with Crippen molar-refractivity contribution in [3.63, 3.8) is 0 Å². The molecule has 2 fully saturated rings. The SMILES string of the molecule is C=CCN1C[C@@H]2CN(C(=O)c3cccn3C)CCC[C@]2(C(=O)OCC)C1.O=C(O)C(F)(F)F. The monoisotopic (exact) mass is 473 g/mol. The maximum atomic E-state index is 13.0. The first kappa shape index (κ1) is 26.4. The highest BCUT2D eigenvalue weighted by Gasteiger charge is 2.54. The van der Waals surface area contributed by atoms with Crippen molar-refractivity contribution in [2.24, 2.45) is 18.4 Å². The highest BCUT2D eigenvalue weighted by Crippen LogP contribution is 2.43. The van der Waals surface area contributed by atoms with Gasteiger partial charge in [0.25, 0.3) is 5.91 Å². The molecule has 3 rings (SSSR count). The van der Waals surface area contributed by atoms with Crippen molar-refractivity contribution >= 4 is 17.8 Å². The Morgan fingerprint density at radius 2 is 2.00 bits per heavy atom. The van der Waals surface area contributed by atoms with Crippen LogP contribution in [-0.2, 0) is 21.4 Å². The van der Waals surface area contributed by atoms with Gasteiger partial charge in [-0.2, -0.15) is 13.2 Å².